The number of sulfone groups is 1. The fourth-order valence-corrected chi connectivity index (χ4v) is 3.93. The van der Waals surface area contributed by atoms with E-state index in [0.717, 1.165) is 0 Å². The molecule has 0 atom stereocenters. The third kappa shape index (κ3) is 8.76. The highest BCUT2D eigenvalue weighted by atomic mass is 127. The topological polar surface area (TPSA) is 82.1 Å². The molecule has 0 spiro atoms. The Morgan fingerprint density at radius 3 is 2.25 bits per heavy atom. The van der Waals surface area contributed by atoms with Crippen molar-refractivity contribution in [2.75, 3.05) is 45.5 Å². The second kappa shape index (κ2) is 13.8. The van der Waals surface area contributed by atoms with E-state index in [4.69, 9.17) is 0 Å². The minimum Gasteiger partial charge on any atom is -0.357 e. The molecule has 9 heteroatoms. The van der Waals surface area contributed by atoms with Gasteiger partial charge < -0.3 is 15.1 Å². The molecule has 0 aliphatic rings. The SMILES string of the molecule is CCNC(=NCCCS(=O)(=O)c1ccccc1)N(C)CC(=O)N(CC)CC.I. The van der Waals surface area contributed by atoms with Crippen molar-refractivity contribution in [2.45, 2.75) is 32.1 Å². The van der Waals surface area contributed by atoms with Gasteiger partial charge in [-0.2, -0.15) is 0 Å². The number of halogens is 1. The van der Waals surface area contributed by atoms with Gasteiger partial charge in [-0.15, -0.1) is 24.0 Å². The van der Waals surface area contributed by atoms with E-state index in [0.29, 0.717) is 43.5 Å². The summed E-state index contributed by atoms with van der Waals surface area (Å²) < 4.78 is 24.6. The van der Waals surface area contributed by atoms with Gasteiger partial charge in [-0.1, -0.05) is 18.2 Å². The van der Waals surface area contributed by atoms with Crippen molar-refractivity contribution in [3.8, 4) is 0 Å². The number of aliphatic imine (C=N–C) groups is 1. The molecule has 0 fully saturated rings. The van der Waals surface area contributed by atoms with Crippen LogP contribution < -0.4 is 5.32 Å². The lowest BCUT2D eigenvalue weighted by molar-refractivity contribution is -0.131. The van der Waals surface area contributed by atoms with Crippen molar-refractivity contribution in [3.05, 3.63) is 30.3 Å². The Kier molecular flexibility index (Phi) is 13.1. The number of benzene rings is 1. The molecule has 0 aromatic heterocycles. The van der Waals surface area contributed by atoms with Crippen molar-refractivity contribution < 1.29 is 13.2 Å². The highest BCUT2D eigenvalue weighted by Crippen LogP contribution is 2.11. The Morgan fingerprint density at radius 2 is 1.71 bits per heavy atom. The molecular formula is C19H33IN4O3S. The maximum absolute atomic E-state index is 12.3. The Bertz CT molecular complexity index is 707. The molecular weight excluding hydrogens is 491 g/mol. The third-order valence-corrected chi connectivity index (χ3v) is 5.94. The number of guanidine groups is 1. The highest BCUT2D eigenvalue weighted by Gasteiger charge is 2.16. The average molecular weight is 524 g/mol. The number of rotatable bonds is 10. The van der Waals surface area contributed by atoms with Crippen molar-refractivity contribution in [1.82, 2.24) is 15.1 Å². The minimum atomic E-state index is -3.29. The molecule has 0 saturated carbocycles. The van der Waals surface area contributed by atoms with E-state index in [1.54, 1.807) is 40.1 Å². The number of likely N-dealkylation sites (N-methyl/N-ethyl adjacent to an activating group) is 2. The first-order chi connectivity index (χ1) is 12.9. The summed E-state index contributed by atoms with van der Waals surface area (Å²) in [5, 5.41) is 3.15. The van der Waals surface area contributed by atoms with Gasteiger partial charge in [0.15, 0.2) is 15.8 Å². The van der Waals surface area contributed by atoms with Gasteiger partial charge in [-0.3, -0.25) is 9.79 Å². The zero-order chi connectivity index (χ0) is 20.3. The van der Waals surface area contributed by atoms with Crippen LogP contribution in [-0.4, -0.2) is 75.6 Å². The second-order valence-corrected chi connectivity index (χ2v) is 8.25. The molecule has 0 aliphatic heterocycles. The van der Waals surface area contributed by atoms with Gasteiger partial charge in [0.25, 0.3) is 0 Å². The second-order valence-electron chi connectivity index (χ2n) is 6.14. The molecule has 7 nitrogen and oxygen atoms in total. The number of nitrogens with zero attached hydrogens (tertiary/aromatic N) is 3. The van der Waals surface area contributed by atoms with E-state index in [2.05, 4.69) is 10.3 Å². The smallest absolute Gasteiger partial charge is 0.242 e. The van der Waals surface area contributed by atoms with E-state index in [9.17, 15) is 13.2 Å². The van der Waals surface area contributed by atoms with Gasteiger partial charge in [-0.05, 0) is 39.3 Å². The first kappa shape index (κ1) is 26.6. The van der Waals surface area contributed by atoms with Crippen molar-refractivity contribution >= 4 is 45.7 Å². The van der Waals surface area contributed by atoms with Crippen LogP contribution >= 0.6 is 24.0 Å². The Hall–Kier alpha value is -1.36. The molecule has 0 bridgehead atoms. The monoisotopic (exact) mass is 524 g/mol. The molecule has 160 valence electrons. The molecule has 0 heterocycles. The Morgan fingerprint density at radius 1 is 1.11 bits per heavy atom. The lowest BCUT2D eigenvalue weighted by Crippen LogP contribution is -2.45. The van der Waals surface area contributed by atoms with Crippen LogP contribution in [0.1, 0.15) is 27.2 Å². The predicted octanol–water partition coefficient (Wildman–Crippen LogP) is 2.23. The number of amides is 1. The van der Waals surface area contributed by atoms with Crippen molar-refractivity contribution in [3.63, 3.8) is 0 Å². The summed E-state index contributed by atoms with van der Waals surface area (Å²) in [6, 6.07) is 8.44. The van der Waals surface area contributed by atoms with Gasteiger partial charge in [0.1, 0.15) is 0 Å². The molecule has 1 amide bonds. The summed E-state index contributed by atoms with van der Waals surface area (Å²) >= 11 is 0. The van der Waals surface area contributed by atoms with Crippen LogP contribution in [-0.2, 0) is 14.6 Å². The van der Waals surface area contributed by atoms with Crippen LogP contribution in [0.15, 0.2) is 40.2 Å². The van der Waals surface area contributed by atoms with Crippen LogP contribution in [0.2, 0.25) is 0 Å². The van der Waals surface area contributed by atoms with Crippen molar-refractivity contribution in [2.24, 2.45) is 4.99 Å². The fourth-order valence-electron chi connectivity index (χ4n) is 2.61. The predicted molar refractivity (Wildman–Crippen MR) is 125 cm³/mol. The zero-order valence-corrected chi connectivity index (χ0v) is 20.4. The van der Waals surface area contributed by atoms with Gasteiger partial charge in [-0.25, -0.2) is 8.42 Å². The molecule has 0 radical (unpaired) electrons. The third-order valence-electron chi connectivity index (χ3n) is 4.12. The highest BCUT2D eigenvalue weighted by molar-refractivity contribution is 14.0. The summed E-state index contributed by atoms with van der Waals surface area (Å²) in [5.74, 6) is 0.692. The zero-order valence-electron chi connectivity index (χ0n) is 17.2. The largest absolute Gasteiger partial charge is 0.357 e. The summed E-state index contributed by atoms with van der Waals surface area (Å²) in [6.07, 6.45) is 0.421. The van der Waals surface area contributed by atoms with Gasteiger partial charge in [0, 0.05) is 33.2 Å². The summed E-state index contributed by atoms with van der Waals surface area (Å²) in [5.41, 5.74) is 0. The van der Waals surface area contributed by atoms with E-state index < -0.39 is 9.84 Å². The van der Waals surface area contributed by atoms with E-state index >= 15 is 0 Å². The maximum atomic E-state index is 12.3. The Labute approximate surface area is 186 Å². The van der Waals surface area contributed by atoms with Gasteiger partial charge >= 0.3 is 0 Å². The fraction of sp³-hybridized carbons (Fsp3) is 0.579. The van der Waals surface area contributed by atoms with Crippen LogP contribution in [0, 0.1) is 0 Å². The number of hydrogen-bond acceptors (Lipinski definition) is 4. The molecule has 1 N–H and O–H groups in total. The molecule has 28 heavy (non-hydrogen) atoms. The molecule has 0 unspecified atom stereocenters. The minimum absolute atomic E-state index is 0. The molecule has 1 aromatic carbocycles. The van der Waals surface area contributed by atoms with Gasteiger partial charge in [0.05, 0.1) is 17.2 Å². The standard InChI is InChI=1S/C19H32N4O3S.HI/c1-5-20-19(22(4)16-18(24)23(6-2)7-3)21-14-11-15-27(25,26)17-12-9-8-10-13-17;/h8-10,12-13H,5-7,11,14-16H2,1-4H3,(H,20,21);1H. The molecule has 1 rings (SSSR count). The molecule has 0 aliphatic carbocycles. The summed E-state index contributed by atoms with van der Waals surface area (Å²) in [6.45, 7) is 8.48. The molecule has 1 aromatic rings. The number of nitrogens with one attached hydrogen (secondary N) is 1. The van der Waals surface area contributed by atoms with Gasteiger partial charge in [0.2, 0.25) is 5.91 Å². The van der Waals surface area contributed by atoms with Crippen molar-refractivity contribution in [1.29, 1.82) is 0 Å². The number of carbonyl (C=O) groups excluding carboxylic acids is 1. The van der Waals surface area contributed by atoms with Crippen LogP contribution in [0.3, 0.4) is 0 Å². The average Bonchev–Trinajstić information content (AvgIpc) is 2.65. The maximum Gasteiger partial charge on any atom is 0.242 e. The first-order valence-electron chi connectivity index (χ1n) is 9.40. The summed E-state index contributed by atoms with van der Waals surface area (Å²) in [7, 11) is -1.48. The number of carbonyl (C=O) groups is 1. The van der Waals surface area contributed by atoms with Crippen LogP contribution in [0.5, 0.6) is 0 Å². The first-order valence-corrected chi connectivity index (χ1v) is 11.1. The lowest BCUT2D eigenvalue weighted by Gasteiger charge is -2.25. The summed E-state index contributed by atoms with van der Waals surface area (Å²) in [4.78, 5) is 20.6. The Balaban J connectivity index is 0.00000729. The van der Waals surface area contributed by atoms with E-state index in [-0.39, 0.29) is 42.2 Å². The lowest BCUT2D eigenvalue weighted by atomic mass is 10.4. The van der Waals surface area contributed by atoms with E-state index in [1.165, 1.54) is 0 Å². The number of hydrogen-bond donors (Lipinski definition) is 1. The normalized spacial score (nSPS) is 11.5. The quantitative estimate of drug-likeness (QED) is 0.220. The molecule has 0 saturated heterocycles. The van der Waals surface area contributed by atoms with E-state index in [1.807, 2.05) is 27.8 Å². The van der Waals surface area contributed by atoms with Crippen LogP contribution in [0.25, 0.3) is 0 Å². The van der Waals surface area contributed by atoms with Crippen LogP contribution in [0.4, 0.5) is 0 Å².